The van der Waals surface area contributed by atoms with Gasteiger partial charge in [0.05, 0.1) is 12.0 Å². The van der Waals surface area contributed by atoms with Crippen LogP contribution in [0.1, 0.15) is 91.4 Å². The van der Waals surface area contributed by atoms with Crippen LogP contribution in [0.25, 0.3) is 0 Å². The highest BCUT2D eigenvalue weighted by atomic mass is 16.4. The molecule has 3 nitrogen and oxygen atoms in total. The minimum atomic E-state index is -0.635. The Balaban J connectivity index is 1.48. The molecule has 2 N–H and O–H groups in total. The van der Waals surface area contributed by atoms with Gasteiger partial charge < -0.3 is 10.2 Å². The Morgan fingerprint density at radius 3 is 2.44 bits per heavy atom. The van der Waals surface area contributed by atoms with Crippen molar-refractivity contribution in [3.8, 4) is 0 Å². The predicted molar refractivity (Wildman–Crippen MR) is 107 cm³/mol. The Bertz CT molecular complexity index is 574. The Hall–Kier alpha value is -0.570. The van der Waals surface area contributed by atoms with E-state index in [0.29, 0.717) is 10.8 Å². The topological polar surface area (TPSA) is 57.5 Å². The van der Waals surface area contributed by atoms with Gasteiger partial charge in [0.1, 0.15) is 0 Å². The highest BCUT2D eigenvalue weighted by Crippen LogP contribution is 2.67. The molecule has 3 heteroatoms. The number of aliphatic hydroxyl groups excluding tert-OH is 1. The number of carbonyl (C=O) groups is 1. The molecule has 4 fully saturated rings. The Labute approximate surface area is 165 Å². The van der Waals surface area contributed by atoms with E-state index in [1.54, 1.807) is 0 Å². The quantitative estimate of drug-likeness (QED) is 0.680. The van der Waals surface area contributed by atoms with Gasteiger partial charge in [-0.2, -0.15) is 0 Å². The lowest BCUT2D eigenvalue weighted by atomic mass is 9.44. The molecule has 5 unspecified atom stereocenters. The first-order chi connectivity index (χ1) is 12.8. The first kappa shape index (κ1) is 19.7. The van der Waals surface area contributed by atoms with Crippen molar-refractivity contribution in [3.05, 3.63) is 0 Å². The minimum Gasteiger partial charge on any atom is -0.481 e. The summed E-state index contributed by atoms with van der Waals surface area (Å²) in [6.07, 6.45) is 13.2. The fraction of sp³-hybridized carbons (Fsp3) is 0.958. The van der Waals surface area contributed by atoms with Crippen molar-refractivity contribution in [1.29, 1.82) is 0 Å². The summed E-state index contributed by atoms with van der Waals surface area (Å²) in [6, 6.07) is 0. The number of rotatable bonds is 4. The maximum Gasteiger partial charge on any atom is 0.306 e. The van der Waals surface area contributed by atoms with Crippen LogP contribution >= 0.6 is 0 Å². The Morgan fingerprint density at radius 2 is 1.70 bits per heavy atom. The molecule has 0 bridgehead atoms. The van der Waals surface area contributed by atoms with Gasteiger partial charge in [0.15, 0.2) is 0 Å². The summed E-state index contributed by atoms with van der Waals surface area (Å²) in [4.78, 5) is 11.2. The van der Waals surface area contributed by atoms with E-state index in [1.165, 1.54) is 44.9 Å². The van der Waals surface area contributed by atoms with Crippen LogP contribution in [0.4, 0.5) is 0 Å². The van der Waals surface area contributed by atoms with Crippen LogP contribution in [0.5, 0.6) is 0 Å². The lowest BCUT2D eigenvalue weighted by Gasteiger charge is -2.61. The van der Waals surface area contributed by atoms with E-state index in [0.717, 1.165) is 55.3 Å². The van der Waals surface area contributed by atoms with E-state index in [1.807, 2.05) is 6.92 Å². The van der Waals surface area contributed by atoms with Crippen molar-refractivity contribution >= 4 is 5.97 Å². The molecule has 9 atom stereocenters. The van der Waals surface area contributed by atoms with Gasteiger partial charge in [-0.05, 0) is 111 Å². The fourth-order valence-electron chi connectivity index (χ4n) is 8.39. The standard InChI is InChI=1S/C24H40O3/c1-15(22(26)27)4-5-16-7-9-20-19-8-6-17-14-18(25)10-12-24(17,3)21(19)11-13-23(16,20)2/h15-21,25H,4-14H2,1-3H3,(H,26,27)/t15-,16?,17?,18+,19?,20?,21?,23+,24-/m0/s1. The summed E-state index contributed by atoms with van der Waals surface area (Å²) in [7, 11) is 0. The second-order valence-electron chi connectivity index (χ2n) is 11.2. The molecule has 4 rings (SSSR count). The van der Waals surface area contributed by atoms with Crippen LogP contribution in [0, 0.1) is 46.3 Å². The highest BCUT2D eigenvalue weighted by Gasteiger charge is 2.59. The van der Waals surface area contributed by atoms with E-state index in [-0.39, 0.29) is 12.0 Å². The number of carboxylic acids is 1. The largest absolute Gasteiger partial charge is 0.481 e. The second kappa shape index (κ2) is 7.04. The smallest absolute Gasteiger partial charge is 0.306 e. The van der Waals surface area contributed by atoms with Gasteiger partial charge in [0.2, 0.25) is 0 Å². The molecular weight excluding hydrogens is 336 g/mol. The van der Waals surface area contributed by atoms with E-state index < -0.39 is 5.97 Å². The second-order valence-corrected chi connectivity index (χ2v) is 11.2. The van der Waals surface area contributed by atoms with Crippen LogP contribution in [0.2, 0.25) is 0 Å². The lowest BCUT2D eigenvalue weighted by molar-refractivity contribution is -0.141. The van der Waals surface area contributed by atoms with E-state index in [9.17, 15) is 15.0 Å². The maximum atomic E-state index is 11.2. The van der Waals surface area contributed by atoms with Crippen molar-refractivity contribution in [3.63, 3.8) is 0 Å². The average molecular weight is 377 g/mol. The summed E-state index contributed by atoms with van der Waals surface area (Å²) in [6.45, 7) is 6.98. The Kier molecular flexibility index (Phi) is 5.15. The molecule has 27 heavy (non-hydrogen) atoms. The van der Waals surface area contributed by atoms with Crippen molar-refractivity contribution in [1.82, 2.24) is 0 Å². The number of hydrogen-bond donors (Lipinski definition) is 2. The van der Waals surface area contributed by atoms with Gasteiger partial charge >= 0.3 is 5.97 Å². The van der Waals surface area contributed by atoms with E-state index in [2.05, 4.69) is 13.8 Å². The fourth-order valence-corrected chi connectivity index (χ4v) is 8.39. The van der Waals surface area contributed by atoms with E-state index >= 15 is 0 Å². The van der Waals surface area contributed by atoms with Gasteiger partial charge in [-0.15, -0.1) is 0 Å². The third-order valence-electron chi connectivity index (χ3n) is 10.2. The minimum absolute atomic E-state index is 0.0550. The first-order valence-corrected chi connectivity index (χ1v) is 11.7. The van der Waals surface area contributed by atoms with Crippen molar-refractivity contribution in [2.24, 2.45) is 46.3 Å². The monoisotopic (exact) mass is 376 g/mol. The SMILES string of the molecule is C[C@@H](CCC1CCC2C3CCC4C[C@H](O)CC[C@]4(C)C3CC[C@]12C)C(=O)O. The number of fused-ring (bicyclic) bond motifs is 5. The Morgan fingerprint density at radius 1 is 1.00 bits per heavy atom. The molecule has 4 aliphatic carbocycles. The van der Waals surface area contributed by atoms with Crippen LogP contribution in [0.15, 0.2) is 0 Å². The van der Waals surface area contributed by atoms with Crippen LogP contribution in [-0.2, 0) is 4.79 Å². The van der Waals surface area contributed by atoms with Crippen molar-refractivity contribution < 1.29 is 15.0 Å². The molecule has 4 aliphatic rings. The van der Waals surface area contributed by atoms with Gasteiger partial charge in [-0.1, -0.05) is 20.8 Å². The molecule has 0 aromatic heterocycles. The molecule has 0 spiro atoms. The molecular formula is C24H40O3. The summed E-state index contributed by atoms with van der Waals surface area (Å²) < 4.78 is 0. The summed E-state index contributed by atoms with van der Waals surface area (Å²) in [5.41, 5.74) is 0.899. The van der Waals surface area contributed by atoms with Gasteiger partial charge in [-0.25, -0.2) is 0 Å². The zero-order chi connectivity index (χ0) is 19.4. The molecule has 0 aliphatic heterocycles. The molecule has 0 aromatic carbocycles. The van der Waals surface area contributed by atoms with Gasteiger partial charge in [-0.3, -0.25) is 4.79 Å². The molecule has 154 valence electrons. The number of hydrogen-bond acceptors (Lipinski definition) is 2. The zero-order valence-corrected chi connectivity index (χ0v) is 17.6. The predicted octanol–water partition coefficient (Wildman–Crippen LogP) is 5.51. The molecule has 0 aromatic rings. The summed E-state index contributed by atoms with van der Waals surface area (Å²) >= 11 is 0. The molecule has 4 saturated carbocycles. The van der Waals surface area contributed by atoms with Crippen LogP contribution in [-0.4, -0.2) is 22.3 Å². The van der Waals surface area contributed by atoms with Crippen molar-refractivity contribution in [2.45, 2.75) is 97.5 Å². The molecule has 0 amide bonds. The van der Waals surface area contributed by atoms with Gasteiger partial charge in [0, 0.05) is 0 Å². The third-order valence-corrected chi connectivity index (χ3v) is 10.2. The first-order valence-electron chi connectivity index (χ1n) is 11.7. The highest BCUT2D eigenvalue weighted by molar-refractivity contribution is 5.69. The van der Waals surface area contributed by atoms with Crippen LogP contribution < -0.4 is 0 Å². The zero-order valence-electron chi connectivity index (χ0n) is 17.6. The summed E-state index contributed by atoms with van der Waals surface area (Å²) in [5.74, 6) is 3.22. The number of aliphatic carboxylic acids is 1. The third kappa shape index (κ3) is 3.16. The van der Waals surface area contributed by atoms with Gasteiger partial charge in [0.25, 0.3) is 0 Å². The normalized spacial score (nSPS) is 50.4. The molecule has 0 radical (unpaired) electrons. The number of carboxylic acid groups (broad SMARTS) is 1. The maximum absolute atomic E-state index is 11.2. The average Bonchev–Trinajstić information content (AvgIpc) is 2.96. The van der Waals surface area contributed by atoms with Crippen LogP contribution in [0.3, 0.4) is 0 Å². The molecule has 0 saturated heterocycles. The van der Waals surface area contributed by atoms with E-state index in [4.69, 9.17) is 0 Å². The molecule has 0 heterocycles. The lowest BCUT2D eigenvalue weighted by Crippen LogP contribution is -2.53. The number of aliphatic hydroxyl groups is 1. The summed E-state index contributed by atoms with van der Waals surface area (Å²) in [5, 5.41) is 19.4. The van der Waals surface area contributed by atoms with Crippen molar-refractivity contribution in [2.75, 3.05) is 0 Å².